The van der Waals surface area contributed by atoms with Crippen molar-refractivity contribution in [1.29, 1.82) is 0 Å². The second kappa shape index (κ2) is 7.29. The van der Waals surface area contributed by atoms with Gasteiger partial charge in [0.05, 0.1) is 11.0 Å². The van der Waals surface area contributed by atoms with Crippen LogP contribution in [-0.2, 0) is 7.05 Å². The van der Waals surface area contributed by atoms with E-state index in [0.29, 0.717) is 0 Å². The molecule has 0 aliphatic carbocycles. The van der Waals surface area contributed by atoms with Gasteiger partial charge in [-0.3, -0.25) is 0 Å². The predicted octanol–water partition coefficient (Wildman–Crippen LogP) is 8.37. The molecule has 0 saturated heterocycles. The topological polar surface area (TPSA) is 17.8 Å². The molecule has 0 fully saturated rings. The minimum absolute atomic E-state index is 0.988. The van der Waals surface area contributed by atoms with E-state index in [0.717, 1.165) is 22.4 Å². The SMILES string of the molecule is Cn1c(-c2ccccc2)nc2cc(-c3cc4c5ccccc5ccc4c4ccccc34)ccc21. The lowest BCUT2D eigenvalue weighted by molar-refractivity contribution is 0.959. The number of hydrogen-bond donors (Lipinski definition) is 0. The molecule has 160 valence electrons. The van der Waals surface area contributed by atoms with Crippen molar-refractivity contribution < 1.29 is 0 Å². The predicted molar refractivity (Wildman–Crippen MR) is 144 cm³/mol. The average Bonchev–Trinajstić information content (AvgIpc) is 3.24. The standard InChI is InChI=1S/C32H22N2/c1-34-31-18-16-23(19-30(31)33-32(34)22-10-3-2-4-11-22)28-20-29-24-12-6-5-9-21(24)15-17-27(29)25-13-7-8-14-26(25)28/h2-20H,1H3. The molecule has 0 N–H and O–H groups in total. The van der Waals surface area contributed by atoms with Gasteiger partial charge in [0.15, 0.2) is 0 Å². The molecule has 6 aromatic carbocycles. The summed E-state index contributed by atoms with van der Waals surface area (Å²) in [6, 6.07) is 41.3. The Labute approximate surface area is 197 Å². The highest BCUT2D eigenvalue weighted by molar-refractivity contribution is 6.21. The van der Waals surface area contributed by atoms with Crippen LogP contribution in [0.25, 0.3) is 65.9 Å². The summed E-state index contributed by atoms with van der Waals surface area (Å²) in [5.74, 6) is 0.988. The first-order chi connectivity index (χ1) is 16.8. The summed E-state index contributed by atoms with van der Waals surface area (Å²) in [5, 5.41) is 7.69. The van der Waals surface area contributed by atoms with E-state index in [9.17, 15) is 0 Å². The Kier molecular flexibility index (Phi) is 4.09. The number of nitrogens with zero attached hydrogens (tertiary/aromatic N) is 2. The summed E-state index contributed by atoms with van der Waals surface area (Å²) in [6.07, 6.45) is 0. The molecule has 0 bridgehead atoms. The van der Waals surface area contributed by atoms with E-state index < -0.39 is 0 Å². The number of aryl methyl sites for hydroxylation is 1. The van der Waals surface area contributed by atoms with Crippen LogP contribution in [0.15, 0.2) is 115 Å². The van der Waals surface area contributed by atoms with Crippen molar-refractivity contribution in [2.45, 2.75) is 0 Å². The molecule has 0 spiro atoms. The van der Waals surface area contributed by atoms with E-state index in [-0.39, 0.29) is 0 Å². The molecule has 0 amide bonds. The van der Waals surface area contributed by atoms with Gasteiger partial charge in [-0.25, -0.2) is 4.98 Å². The molecule has 0 aliphatic rings. The third-order valence-electron chi connectivity index (χ3n) is 6.99. The van der Waals surface area contributed by atoms with E-state index in [1.165, 1.54) is 43.4 Å². The lowest BCUT2D eigenvalue weighted by Gasteiger charge is -2.13. The zero-order valence-corrected chi connectivity index (χ0v) is 18.9. The first kappa shape index (κ1) is 19.1. The number of benzene rings is 6. The van der Waals surface area contributed by atoms with Crippen LogP contribution < -0.4 is 0 Å². The van der Waals surface area contributed by atoms with Gasteiger partial charge in [-0.05, 0) is 61.6 Å². The molecule has 0 unspecified atom stereocenters. The molecular formula is C32H22N2. The fourth-order valence-electron chi connectivity index (χ4n) is 5.31. The molecule has 1 aromatic heterocycles. The number of hydrogen-bond acceptors (Lipinski definition) is 1. The minimum atomic E-state index is 0.988. The van der Waals surface area contributed by atoms with Crippen molar-refractivity contribution in [3.05, 3.63) is 115 Å². The molecule has 7 rings (SSSR count). The molecular weight excluding hydrogens is 412 g/mol. The summed E-state index contributed by atoms with van der Waals surface area (Å²) >= 11 is 0. The van der Waals surface area contributed by atoms with E-state index in [2.05, 4.69) is 121 Å². The third kappa shape index (κ3) is 2.79. The van der Waals surface area contributed by atoms with Gasteiger partial charge < -0.3 is 4.57 Å². The summed E-state index contributed by atoms with van der Waals surface area (Å²) in [7, 11) is 2.09. The zero-order valence-electron chi connectivity index (χ0n) is 18.9. The molecule has 0 atom stereocenters. The van der Waals surface area contributed by atoms with Crippen molar-refractivity contribution in [3.8, 4) is 22.5 Å². The van der Waals surface area contributed by atoms with Gasteiger partial charge in [0.1, 0.15) is 5.82 Å². The second-order valence-electron chi connectivity index (χ2n) is 8.92. The Morgan fingerprint density at radius 3 is 2.09 bits per heavy atom. The Balaban J connectivity index is 1.52. The van der Waals surface area contributed by atoms with Gasteiger partial charge in [-0.15, -0.1) is 0 Å². The monoisotopic (exact) mass is 434 g/mol. The smallest absolute Gasteiger partial charge is 0.140 e. The number of imidazole rings is 1. The molecule has 2 heteroatoms. The molecule has 7 aromatic rings. The first-order valence-electron chi connectivity index (χ1n) is 11.6. The van der Waals surface area contributed by atoms with Crippen molar-refractivity contribution >= 4 is 43.4 Å². The molecule has 0 radical (unpaired) electrons. The van der Waals surface area contributed by atoms with Gasteiger partial charge in [0.2, 0.25) is 0 Å². The van der Waals surface area contributed by atoms with Crippen LogP contribution in [0.4, 0.5) is 0 Å². The normalized spacial score (nSPS) is 11.7. The quantitative estimate of drug-likeness (QED) is 0.250. The van der Waals surface area contributed by atoms with Crippen molar-refractivity contribution in [1.82, 2.24) is 9.55 Å². The Hall–Kier alpha value is -4.43. The Bertz CT molecular complexity index is 1860. The van der Waals surface area contributed by atoms with Crippen molar-refractivity contribution in [2.24, 2.45) is 7.05 Å². The summed E-state index contributed by atoms with van der Waals surface area (Å²) in [6.45, 7) is 0. The van der Waals surface area contributed by atoms with Crippen LogP contribution in [0.5, 0.6) is 0 Å². The van der Waals surface area contributed by atoms with E-state index >= 15 is 0 Å². The number of aromatic nitrogens is 2. The first-order valence-corrected chi connectivity index (χ1v) is 11.6. The van der Waals surface area contributed by atoms with Gasteiger partial charge >= 0.3 is 0 Å². The van der Waals surface area contributed by atoms with Crippen molar-refractivity contribution in [3.63, 3.8) is 0 Å². The van der Waals surface area contributed by atoms with Gasteiger partial charge in [-0.2, -0.15) is 0 Å². The van der Waals surface area contributed by atoms with Gasteiger partial charge in [0, 0.05) is 12.6 Å². The lowest BCUT2D eigenvalue weighted by Crippen LogP contribution is -1.91. The highest BCUT2D eigenvalue weighted by atomic mass is 15.1. The van der Waals surface area contributed by atoms with Gasteiger partial charge in [0.25, 0.3) is 0 Å². The minimum Gasteiger partial charge on any atom is -0.327 e. The fraction of sp³-hybridized carbons (Fsp3) is 0.0312. The largest absolute Gasteiger partial charge is 0.327 e. The second-order valence-corrected chi connectivity index (χ2v) is 8.92. The molecule has 1 heterocycles. The fourth-order valence-corrected chi connectivity index (χ4v) is 5.31. The maximum Gasteiger partial charge on any atom is 0.140 e. The van der Waals surface area contributed by atoms with Crippen LogP contribution in [0.3, 0.4) is 0 Å². The van der Waals surface area contributed by atoms with Crippen LogP contribution in [0.2, 0.25) is 0 Å². The number of fused-ring (bicyclic) bond motifs is 6. The van der Waals surface area contributed by atoms with Crippen LogP contribution >= 0.6 is 0 Å². The molecule has 0 saturated carbocycles. The van der Waals surface area contributed by atoms with Crippen LogP contribution in [0.1, 0.15) is 0 Å². The Morgan fingerprint density at radius 1 is 0.529 bits per heavy atom. The van der Waals surface area contributed by atoms with E-state index in [1.807, 2.05) is 6.07 Å². The number of rotatable bonds is 2. The van der Waals surface area contributed by atoms with Crippen LogP contribution in [-0.4, -0.2) is 9.55 Å². The maximum absolute atomic E-state index is 5.02. The summed E-state index contributed by atoms with van der Waals surface area (Å²) in [5.41, 5.74) is 5.72. The van der Waals surface area contributed by atoms with E-state index in [1.54, 1.807) is 0 Å². The third-order valence-corrected chi connectivity index (χ3v) is 6.99. The zero-order chi connectivity index (χ0) is 22.6. The summed E-state index contributed by atoms with van der Waals surface area (Å²) in [4.78, 5) is 5.02. The molecule has 2 nitrogen and oxygen atoms in total. The highest BCUT2D eigenvalue weighted by Gasteiger charge is 2.14. The highest BCUT2D eigenvalue weighted by Crippen LogP contribution is 2.38. The van der Waals surface area contributed by atoms with E-state index in [4.69, 9.17) is 4.98 Å². The molecule has 0 aliphatic heterocycles. The molecule has 34 heavy (non-hydrogen) atoms. The van der Waals surface area contributed by atoms with Crippen LogP contribution in [0, 0.1) is 0 Å². The van der Waals surface area contributed by atoms with Gasteiger partial charge in [-0.1, -0.05) is 97.1 Å². The van der Waals surface area contributed by atoms with Crippen molar-refractivity contribution in [2.75, 3.05) is 0 Å². The summed E-state index contributed by atoms with van der Waals surface area (Å²) < 4.78 is 2.18. The Morgan fingerprint density at radius 2 is 1.24 bits per heavy atom. The maximum atomic E-state index is 5.02. The average molecular weight is 435 g/mol. The lowest BCUT2D eigenvalue weighted by atomic mass is 9.91.